The van der Waals surface area contributed by atoms with E-state index in [-0.39, 0.29) is 0 Å². The van der Waals surface area contributed by atoms with Gasteiger partial charge in [-0.2, -0.15) is 0 Å². The van der Waals surface area contributed by atoms with Crippen molar-refractivity contribution in [1.82, 2.24) is 24.9 Å². The van der Waals surface area contributed by atoms with Crippen molar-refractivity contribution in [1.29, 1.82) is 0 Å². The summed E-state index contributed by atoms with van der Waals surface area (Å²) in [6.07, 6.45) is 0. The lowest BCUT2D eigenvalue weighted by atomic mass is 10.1. The quantitative estimate of drug-likeness (QED) is 0.184. The molecule has 4 heterocycles. The van der Waals surface area contributed by atoms with Crippen molar-refractivity contribution in [2.75, 3.05) is 0 Å². The third kappa shape index (κ3) is 4.64. The van der Waals surface area contributed by atoms with Crippen molar-refractivity contribution < 1.29 is 8.83 Å². The van der Waals surface area contributed by atoms with E-state index in [1.165, 1.54) is 0 Å². The summed E-state index contributed by atoms with van der Waals surface area (Å²) in [6.45, 7) is 0. The largest absolute Gasteiger partial charge is 0.455 e. The summed E-state index contributed by atoms with van der Waals surface area (Å²) < 4.78 is 13.0. The molecule has 7 nitrogen and oxygen atoms in total. The van der Waals surface area contributed by atoms with Crippen LogP contribution >= 0.6 is 0 Å². The van der Waals surface area contributed by atoms with Crippen LogP contribution in [-0.4, -0.2) is 24.9 Å². The first-order valence-corrected chi connectivity index (χ1v) is 16.3. The van der Waals surface area contributed by atoms with Crippen LogP contribution in [0, 0.1) is 0 Å². The third-order valence-electron chi connectivity index (χ3n) is 8.96. The average Bonchev–Trinajstić information content (AvgIpc) is 3.76. The number of para-hydroxylation sites is 2. The van der Waals surface area contributed by atoms with Gasteiger partial charge >= 0.3 is 0 Å². The summed E-state index contributed by atoms with van der Waals surface area (Å²) in [4.78, 5) is 24.9. The van der Waals surface area contributed by atoms with Crippen molar-refractivity contribution >= 4 is 44.0 Å². The summed E-state index contributed by atoms with van der Waals surface area (Å²) in [5, 5.41) is 2.88. The van der Waals surface area contributed by atoms with Crippen LogP contribution < -0.4 is 0 Å². The van der Waals surface area contributed by atoms with Gasteiger partial charge < -0.3 is 8.83 Å². The molecule has 0 saturated heterocycles. The Hall–Kier alpha value is -6.99. The van der Waals surface area contributed by atoms with Gasteiger partial charge in [0.1, 0.15) is 28.0 Å². The number of fused-ring (bicyclic) bond motifs is 6. The van der Waals surface area contributed by atoms with Crippen LogP contribution in [0.1, 0.15) is 0 Å². The Morgan fingerprint density at radius 2 is 0.920 bits per heavy atom. The molecule has 10 aromatic rings. The van der Waals surface area contributed by atoms with E-state index in [0.29, 0.717) is 40.0 Å². The van der Waals surface area contributed by atoms with Crippen LogP contribution in [0.15, 0.2) is 160 Å². The number of hydrogen-bond donors (Lipinski definition) is 0. The Morgan fingerprint density at radius 3 is 1.62 bits per heavy atom. The molecule has 6 aromatic carbocycles. The molecule has 0 aliphatic heterocycles. The second-order valence-corrected chi connectivity index (χ2v) is 12.1. The van der Waals surface area contributed by atoms with Gasteiger partial charge in [-0.05, 0) is 30.3 Å². The smallest absolute Gasteiger partial charge is 0.180 e. The summed E-state index contributed by atoms with van der Waals surface area (Å²) >= 11 is 0. The molecule has 0 atom stereocenters. The molecule has 0 fully saturated rings. The van der Waals surface area contributed by atoms with Crippen LogP contribution in [0.4, 0.5) is 0 Å². The zero-order valence-corrected chi connectivity index (χ0v) is 26.5. The Kier molecular flexibility index (Phi) is 6.35. The van der Waals surface area contributed by atoms with Crippen molar-refractivity contribution in [2.45, 2.75) is 0 Å². The van der Waals surface area contributed by atoms with E-state index in [1.54, 1.807) is 0 Å². The lowest BCUT2D eigenvalue weighted by molar-refractivity contribution is 0.666. The Bertz CT molecular complexity index is 2810. The van der Waals surface area contributed by atoms with Crippen LogP contribution in [0.2, 0.25) is 0 Å². The van der Waals surface area contributed by atoms with Gasteiger partial charge in [0.25, 0.3) is 0 Å². The van der Waals surface area contributed by atoms with Crippen LogP contribution in [0.5, 0.6) is 0 Å². The van der Waals surface area contributed by atoms with Crippen molar-refractivity contribution in [3.63, 3.8) is 0 Å². The fraction of sp³-hybridized carbons (Fsp3) is 0. The van der Waals surface area contributed by atoms with Gasteiger partial charge in [0.05, 0.1) is 5.56 Å². The maximum Gasteiger partial charge on any atom is 0.180 e. The fourth-order valence-electron chi connectivity index (χ4n) is 6.55. The third-order valence-corrected chi connectivity index (χ3v) is 8.96. The molecule has 4 aromatic heterocycles. The second-order valence-electron chi connectivity index (χ2n) is 12.1. The monoisotopic (exact) mass is 643 g/mol. The molecule has 0 aliphatic carbocycles. The van der Waals surface area contributed by atoms with Crippen LogP contribution in [-0.2, 0) is 0 Å². The minimum absolute atomic E-state index is 0.560. The van der Waals surface area contributed by atoms with E-state index in [9.17, 15) is 0 Å². The molecular formula is C43H25N5O2. The van der Waals surface area contributed by atoms with E-state index < -0.39 is 0 Å². The van der Waals surface area contributed by atoms with E-state index in [4.69, 9.17) is 33.8 Å². The van der Waals surface area contributed by atoms with Gasteiger partial charge in [-0.25, -0.2) is 24.9 Å². The maximum absolute atomic E-state index is 6.68. The van der Waals surface area contributed by atoms with Gasteiger partial charge in [-0.1, -0.05) is 121 Å². The van der Waals surface area contributed by atoms with Gasteiger partial charge in [-0.3, -0.25) is 0 Å². The lowest BCUT2D eigenvalue weighted by Crippen LogP contribution is -2.00. The fourth-order valence-corrected chi connectivity index (χ4v) is 6.55. The lowest BCUT2D eigenvalue weighted by Gasteiger charge is -2.08. The molecule has 7 heteroatoms. The van der Waals surface area contributed by atoms with Crippen LogP contribution in [0.25, 0.3) is 101 Å². The van der Waals surface area contributed by atoms with Crippen molar-refractivity contribution in [2.24, 2.45) is 0 Å². The Morgan fingerprint density at radius 1 is 0.340 bits per heavy atom. The number of rotatable bonds is 5. The highest BCUT2D eigenvalue weighted by atomic mass is 16.3. The number of benzene rings is 6. The highest BCUT2D eigenvalue weighted by Gasteiger charge is 2.21. The number of hydrogen-bond acceptors (Lipinski definition) is 7. The van der Waals surface area contributed by atoms with Gasteiger partial charge in [0.15, 0.2) is 28.9 Å². The van der Waals surface area contributed by atoms with Gasteiger partial charge in [0, 0.05) is 38.4 Å². The highest BCUT2D eigenvalue weighted by molar-refractivity contribution is 6.11. The maximum atomic E-state index is 6.68. The van der Waals surface area contributed by atoms with Gasteiger partial charge in [-0.15, -0.1) is 0 Å². The average molecular weight is 644 g/mol. The molecule has 234 valence electrons. The number of furan rings is 2. The highest BCUT2D eigenvalue weighted by Crippen LogP contribution is 2.40. The molecule has 0 spiro atoms. The summed E-state index contributed by atoms with van der Waals surface area (Å²) in [5.41, 5.74) is 8.74. The standard InChI is InChI=1S/C43H25N5O2/c1-4-13-26(14-5-1)36-39-37(32-19-10-11-22-34(32)49-39)45-43(44-36)33-21-12-20-31-30-24-23-29(25-35(30)50-38(31)33)42-47-40(27-15-6-2-7-16-27)46-41(48-42)28-17-8-3-9-18-28/h1-25H. The predicted molar refractivity (Wildman–Crippen MR) is 197 cm³/mol. The van der Waals surface area contributed by atoms with Crippen molar-refractivity contribution in [3.05, 3.63) is 152 Å². The molecule has 0 bridgehead atoms. The van der Waals surface area contributed by atoms with E-state index in [1.807, 2.05) is 140 Å². The minimum atomic E-state index is 0.560. The normalized spacial score (nSPS) is 11.6. The second kappa shape index (κ2) is 11.3. The molecular weight excluding hydrogens is 619 g/mol. The first-order valence-electron chi connectivity index (χ1n) is 16.3. The topological polar surface area (TPSA) is 90.7 Å². The molecule has 10 rings (SSSR count). The molecule has 0 unspecified atom stereocenters. The molecule has 0 radical (unpaired) electrons. The van der Waals surface area contributed by atoms with Crippen LogP contribution in [0.3, 0.4) is 0 Å². The Labute approximate surface area is 285 Å². The molecule has 0 amide bonds. The Balaban J connectivity index is 1.15. The predicted octanol–water partition coefficient (Wildman–Crippen LogP) is 10.8. The van der Waals surface area contributed by atoms with E-state index in [0.717, 1.165) is 60.8 Å². The zero-order chi connectivity index (χ0) is 33.0. The SMILES string of the molecule is c1ccc(-c2nc(-c3ccccc3)nc(-c3ccc4c(c3)oc3c(-c5nc(-c6ccccc6)c6oc7ccccc7c6n5)cccc34)n2)cc1. The first kappa shape index (κ1) is 28.1. The first-order chi connectivity index (χ1) is 24.8. The van der Waals surface area contributed by atoms with Gasteiger partial charge in [0.2, 0.25) is 0 Å². The number of aromatic nitrogens is 5. The zero-order valence-electron chi connectivity index (χ0n) is 26.5. The molecule has 50 heavy (non-hydrogen) atoms. The van der Waals surface area contributed by atoms with E-state index in [2.05, 4.69) is 12.1 Å². The molecule has 0 aliphatic rings. The molecule has 0 saturated carbocycles. The van der Waals surface area contributed by atoms with E-state index >= 15 is 0 Å². The molecule has 0 N–H and O–H groups in total. The minimum Gasteiger partial charge on any atom is -0.455 e. The summed E-state index contributed by atoms with van der Waals surface area (Å²) in [6, 6.07) is 50.2. The summed E-state index contributed by atoms with van der Waals surface area (Å²) in [5.74, 6) is 2.34. The summed E-state index contributed by atoms with van der Waals surface area (Å²) in [7, 11) is 0. The van der Waals surface area contributed by atoms with Crippen molar-refractivity contribution in [3.8, 4) is 56.8 Å². The number of nitrogens with zero attached hydrogens (tertiary/aromatic N) is 5.